The molecule has 0 radical (unpaired) electrons. The maximum absolute atomic E-state index is 14.1. The van der Waals surface area contributed by atoms with E-state index in [-0.39, 0.29) is 28.6 Å². The Kier molecular flexibility index (Phi) is 9.03. The third-order valence-corrected chi connectivity index (χ3v) is 10.9. The number of carbonyl (C=O) groups excluding carboxylic acids is 1. The van der Waals surface area contributed by atoms with E-state index in [0.29, 0.717) is 6.42 Å². The molecule has 1 heterocycles. The quantitative estimate of drug-likeness (QED) is 0.329. The predicted octanol–water partition coefficient (Wildman–Crippen LogP) is 4.83. The molecule has 0 saturated carbocycles. The van der Waals surface area contributed by atoms with Gasteiger partial charge in [0.15, 0.2) is 9.84 Å². The molecule has 1 aliphatic heterocycles. The van der Waals surface area contributed by atoms with E-state index in [9.17, 15) is 21.6 Å². The van der Waals surface area contributed by atoms with Crippen LogP contribution in [0, 0.1) is 19.8 Å². The van der Waals surface area contributed by atoms with Crippen LogP contribution in [0.5, 0.6) is 0 Å². The summed E-state index contributed by atoms with van der Waals surface area (Å²) in [6.45, 7) is 12.7. The van der Waals surface area contributed by atoms with E-state index in [1.54, 1.807) is 54.6 Å². The van der Waals surface area contributed by atoms with Crippen molar-refractivity contribution in [1.29, 1.82) is 0 Å². The number of carbonyl (C=O) groups is 1. The van der Waals surface area contributed by atoms with Gasteiger partial charge in [0, 0.05) is 13.0 Å². The number of aryl methyl sites for hydroxylation is 2. The number of hydrogen-bond acceptors (Lipinski definition) is 6. The number of piperidine rings is 1. The minimum atomic E-state index is -4.05. The largest absolute Gasteiger partial charge is 0.459 e. The van der Waals surface area contributed by atoms with Crippen LogP contribution in [0.15, 0.2) is 71.0 Å². The molecule has 2 aromatic rings. The highest BCUT2D eigenvalue weighted by molar-refractivity contribution is 7.92. The fourth-order valence-corrected chi connectivity index (χ4v) is 8.86. The summed E-state index contributed by atoms with van der Waals surface area (Å²) < 4.78 is 63.1. The Bertz CT molecular complexity index is 1320. The fourth-order valence-electron chi connectivity index (χ4n) is 5.08. The molecule has 1 aliphatic rings. The summed E-state index contributed by atoms with van der Waals surface area (Å²) in [4.78, 5) is 12.5. The lowest BCUT2D eigenvalue weighted by atomic mass is 9.88. The standard InChI is InChI=1S/C28H37NO6S2/c1-7-8-26-28(35-22(6)30)27(36(31,32)24-13-9-20(4)10-14-24)18-23(17-19(2)3)29(26)37(33,34)25-15-11-21(5)12-16-25/h7,9-16,19,23,26-28H,1,8,17-18H2,2-6H3/t23-,26+,27-,28-/m0/s1. The van der Waals surface area contributed by atoms with E-state index >= 15 is 0 Å². The molecule has 0 aromatic heterocycles. The van der Waals surface area contributed by atoms with E-state index in [1.165, 1.54) is 11.2 Å². The van der Waals surface area contributed by atoms with E-state index in [0.717, 1.165) is 11.1 Å². The van der Waals surface area contributed by atoms with Gasteiger partial charge in [-0.05, 0) is 63.3 Å². The van der Waals surface area contributed by atoms with Crippen molar-refractivity contribution < 1.29 is 26.4 Å². The SMILES string of the molecule is C=CC[C@@H]1[C@H](OC(C)=O)[C@@H](S(=O)(=O)c2ccc(C)cc2)C[C@H](CC(C)C)N1S(=O)(=O)c1ccc(C)cc1. The summed E-state index contributed by atoms with van der Waals surface area (Å²) in [6, 6.07) is 11.5. The summed E-state index contributed by atoms with van der Waals surface area (Å²) >= 11 is 0. The van der Waals surface area contributed by atoms with E-state index in [4.69, 9.17) is 4.74 Å². The van der Waals surface area contributed by atoms with Crippen LogP contribution in [-0.4, -0.2) is 50.5 Å². The van der Waals surface area contributed by atoms with Crippen LogP contribution in [0.25, 0.3) is 0 Å². The average Bonchev–Trinajstić information content (AvgIpc) is 2.80. The molecular weight excluding hydrogens is 510 g/mol. The molecule has 7 nitrogen and oxygen atoms in total. The highest BCUT2D eigenvalue weighted by Crippen LogP contribution is 2.40. The van der Waals surface area contributed by atoms with Crippen LogP contribution in [0.3, 0.4) is 0 Å². The van der Waals surface area contributed by atoms with Gasteiger partial charge in [0.1, 0.15) is 11.4 Å². The highest BCUT2D eigenvalue weighted by atomic mass is 32.2. The van der Waals surface area contributed by atoms with Crippen molar-refractivity contribution in [2.75, 3.05) is 0 Å². The van der Waals surface area contributed by atoms with Gasteiger partial charge >= 0.3 is 5.97 Å². The lowest BCUT2D eigenvalue weighted by Gasteiger charge is -2.48. The molecule has 202 valence electrons. The predicted molar refractivity (Wildman–Crippen MR) is 144 cm³/mol. The third-order valence-electron chi connectivity index (χ3n) is 6.73. The number of sulfone groups is 1. The highest BCUT2D eigenvalue weighted by Gasteiger charge is 2.53. The van der Waals surface area contributed by atoms with Crippen molar-refractivity contribution in [1.82, 2.24) is 4.31 Å². The number of benzene rings is 2. The lowest BCUT2D eigenvalue weighted by Crippen LogP contribution is -2.63. The number of hydrogen-bond donors (Lipinski definition) is 0. The molecule has 0 aliphatic carbocycles. The Morgan fingerprint density at radius 3 is 1.97 bits per heavy atom. The molecule has 0 N–H and O–H groups in total. The van der Waals surface area contributed by atoms with Crippen LogP contribution < -0.4 is 0 Å². The second kappa shape index (κ2) is 11.5. The van der Waals surface area contributed by atoms with Gasteiger partial charge in [-0.1, -0.05) is 55.3 Å². The summed E-state index contributed by atoms with van der Waals surface area (Å²) in [5, 5.41) is -1.11. The summed E-state index contributed by atoms with van der Waals surface area (Å²) in [7, 11) is -8.02. The number of rotatable bonds is 9. The van der Waals surface area contributed by atoms with E-state index in [2.05, 4.69) is 6.58 Å². The van der Waals surface area contributed by atoms with E-state index in [1.807, 2.05) is 27.7 Å². The van der Waals surface area contributed by atoms with Crippen molar-refractivity contribution >= 4 is 25.8 Å². The van der Waals surface area contributed by atoms with Crippen LogP contribution >= 0.6 is 0 Å². The van der Waals surface area contributed by atoms with Gasteiger partial charge in [-0.3, -0.25) is 4.79 Å². The molecule has 4 atom stereocenters. The average molecular weight is 548 g/mol. The number of esters is 1. The minimum absolute atomic E-state index is 0.00503. The molecular formula is C28H37NO6S2. The van der Waals surface area contributed by atoms with Crippen LogP contribution in [-0.2, 0) is 29.4 Å². The first-order valence-electron chi connectivity index (χ1n) is 12.5. The monoisotopic (exact) mass is 547 g/mol. The number of nitrogens with zero attached hydrogens (tertiary/aromatic N) is 1. The van der Waals surface area contributed by atoms with Crippen LogP contribution in [0.2, 0.25) is 0 Å². The fraction of sp³-hybridized carbons (Fsp3) is 0.464. The second-order valence-electron chi connectivity index (χ2n) is 10.2. The zero-order valence-corrected chi connectivity index (χ0v) is 23.8. The summed E-state index contributed by atoms with van der Waals surface area (Å²) in [5.41, 5.74) is 1.83. The first-order valence-corrected chi connectivity index (χ1v) is 15.5. The number of sulfonamides is 1. The minimum Gasteiger partial charge on any atom is -0.459 e. The van der Waals surface area contributed by atoms with Gasteiger partial charge in [-0.2, -0.15) is 4.31 Å². The molecule has 37 heavy (non-hydrogen) atoms. The molecule has 1 fully saturated rings. The first kappa shape index (κ1) is 29.1. The van der Waals surface area contributed by atoms with Crippen molar-refractivity contribution in [3.63, 3.8) is 0 Å². The molecule has 9 heteroatoms. The Labute approximate surface area is 221 Å². The Balaban J connectivity index is 2.22. The van der Waals surface area contributed by atoms with Gasteiger partial charge in [-0.15, -0.1) is 6.58 Å². The molecule has 2 aromatic carbocycles. The smallest absolute Gasteiger partial charge is 0.303 e. The molecule has 0 amide bonds. The third kappa shape index (κ3) is 6.33. The van der Waals surface area contributed by atoms with Gasteiger partial charge < -0.3 is 4.74 Å². The molecule has 3 rings (SSSR count). The summed E-state index contributed by atoms with van der Waals surface area (Å²) in [5.74, 6) is -0.573. The van der Waals surface area contributed by atoms with Crippen molar-refractivity contribution in [2.24, 2.45) is 5.92 Å². The Hall–Kier alpha value is -2.49. The molecule has 0 spiro atoms. The van der Waals surface area contributed by atoms with Crippen LogP contribution in [0.1, 0.15) is 51.2 Å². The van der Waals surface area contributed by atoms with E-state index < -0.39 is 49.3 Å². The van der Waals surface area contributed by atoms with Crippen LogP contribution in [0.4, 0.5) is 0 Å². The van der Waals surface area contributed by atoms with Crippen molar-refractivity contribution in [3.05, 3.63) is 72.3 Å². The zero-order chi connectivity index (χ0) is 27.5. The lowest BCUT2D eigenvalue weighted by molar-refractivity contribution is -0.151. The first-order chi connectivity index (χ1) is 17.3. The molecule has 0 unspecified atom stereocenters. The topological polar surface area (TPSA) is 97.8 Å². The Morgan fingerprint density at radius 1 is 1.00 bits per heavy atom. The maximum atomic E-state index is 14.1. The van der Waals surface area contributed by atoms with Gasteiger partial charge in [0.25, 0.3) is 0 Å². The Morgan fingerprint density at radius 2 is 1.51 bits per heavy atom. The number of ether oxygens (including phenoxy) is 1. The van der Waals surface area contributed by atoms with Crippen molar-refractivity contribution in [3.8, 4) is 0 Å². The molecule has 1 saturated heterocycles. The second-order valence-corrected chi connectivity index (χ2v) is 14.2. The van der Waals surface area contributed by atoms with Gasteiger partial charge in [0.2, 0.25) is 10.0 Å². The van der Waals surface area contributed by atoms with Gasteiger partial charge in [0.05, 0.1) is 15.8 Å². The van der Waals surface area contributed by atoms with Crippen molar-refractivity contribution in [2.45, 2.75) is 87.1 Å². The normalized spacial score (nSPS) is 23.1. The molecule has 0 bridgehead atoms. The van der Waals surface area contributed by atoms with Gasteiger partial charge in [-0.25, -0.2) is 16.8 Å². The summed E-state index contributed by atoms with van der Waals surface area (Å²) in [6.07, 6.45) is 0.922. The zero-order valence-electron chi connectivity index (χ0n) is 22.1. The maximum Gasteiger partial charge on any atom is 0.303 e.